The number of carbonyl (C=O) groups excluding carboxylic acids is 2. The maximum atomic E-state index is 14.5. The largest absolute Gasteiger partial charge is 0.841 e. The first kappa shape index (κ1) is 43.2. The zero-order valence-electron chi connectivity index (χ0n) is 34.6. The number of aliphatic hydroxyl groups is 2. The van der Waals surface area contributed by atoms with Crippen LogP contribution in [0.2, 0.25) is 0 Å². The van der Waals surface area contributed by atoms with Gasteiger partial charge in [0.25, 0.3) is 0 Å². The van der Waals surface area contributed by atoms with E-state index in [4.69, 9.17) is 10.5 Å². The van der Waals surface area contributed by atoms with Crippen LogP contribution in [-0.2, 0) is 14.3 Å². The van der Waals surface area contributed by atoms with Gasteiger partial charge in [-0.05, 0) is 130 Å². The molecule has 0 amide bonds. The van der Waals surface area contributed by atoms with E-state index in [1.807, 2.05) is 0 Å². The van der Waals surface area contributed by atoms with E-state index >= 15 is 0 Å². The summed E-state index contributed by atoms with van der Waals surface area (Å²) in [4.78, 5) is 28.4. The number of rotatable bonds is 11. The van der Waals surface area contributed by atoms with Crippen LogP contribution in [0.5, 0.6) is 0 Å². The number of quaternary nitrogens is 1. The molecule has 6 N–H and O–H groups in total. The van der Waals surface area contributed by atoms with Gasteiger partial charge >= 0.3 is 0 Å². The smallest absolute Gasteiger partial charge is 0.137 e. The Morgan fingerprint density at radius 1 is 0.873 bits per heavy atom. The van der Waals surface area contributed by atoms with Crippen molar-refractivity contribution in [3.05, 3.63) is 0 Å². The lowest BCUT2D eigenvalue weighted by Gasteiger charge is -2.49. The van der Waals surface area contributed by atoms with E-state index in [0.29, 0.717) is 42.9 Å². The third kappa shape index (κ3) is 11.0. The van der Waals surface area contributed by atoms with Gasteiger partial charge in [0.05, 0.1) is 18.8 Å². The normalized spacial score (nSPS) is 40.7. The molecule has 0 radical (unpaired) electrons. The molecular formula is C47H78N2O6. The lowest BCUT2D eigenvalue weighted by atomic mass is 9.57. The van der Waals surface area contributed by atoms with Crippen LogP contribution >= 0.6 is 0 Å². The molecule has 312 valence electrons. The predicted octanol–water partition coefficient (Wildman–Crippen LogP) is 5.54. The van der Waals surface area contributed by atoms with Crippen molar-refractivity contribution in [2.24, 2.45) is 76.7 Å². The van der Waals surface area contributed by atoms with Crippen molar-refractivity contribution in [1.82, 2.24) is 0 Å². The maximum Gasteiger partial charge on any atom is 0.137 e. The second-order valence-electron chi connectivity index (χ2n) is 19.7. The van der Waals surface area contributed by atoms with Crippen molar-refractivity contribution < 1.29 is 35.0 Å². The van der Waals surface area contributed by atoms with Gasteiger partial charge in [-0.25, -0.2) is 0 Å². The molecule has 6 aliphatic rings. The fourth-order valence-electron chi connectivity index (χ4n) is 13.2. The SMILES string of the molecule is CCCC(CO)C1CC(CC2CC[NH2+]C(N)C2)CC2C#CC(C3CCCCC3)C3C(CCC(=O)C([O-])C(=O)C2C1)CC(OC)C(O)C3CCC1CCCCC1. The number of fused-ring (bicyclic) bond motifs is 2. The summed E-state index contributed by atoms with van der Waals surface area (Å²) in [6.45, 7) is 3.26. The number of Topliss-reactive ketones (excluding diaryl/α,β-unsaturated/α-hetero) is 2. The van der Waals surface area contributed by atoms with Gasteiger partial charge < -0.3 is 35.0 Å². The van der Waals surface area contributed by atoms with Gasteiger partial charge in [-0.15, -0.1) is 0 Å². The van der Waals surface area contributed by atoms with Crippen LogP contribution in [0.15, 0.2) is 0 Å². The summed E-state index contributed by atoms with van der Waals surface area (Å²) in [7, 11) is 1.70. The minimum Gasteiger partial charge on any atom is -0.841 e. The molecule has 5 aliphatic carbocycles. The molecule has 0 aromatic carbocycles. The van der Waals surface area contributed by atoms with Crippen LogP contribution < -0.4 is 16.2 Å². The summed E-state index contributed by atoms with van der Waals surface area (Å²) in [5, 5.41) is 39.1. The van der Waals surface area contributed by atoms with Gasteiger partial charge in [0, 0.05) is 44.3 Å². The molecule has 0 aromatic heterocycles. The minimum atomic E-state index is -1.89. The number of piperidine rings is 1. The topological polar surface area (TPSA) is 150 Å². The fraction of sp³-hybridized carbons (Fsp3) is 0.915. The summed E-state index contributed by atoms with van der Waals surface area (Å²) in [5.74, 6) is 8.51. The average Bonchev–Trinajstić information content (AvgIpc) is 3.38. The number of ether oxygens (including phenoxy) is 1. The Bertz CT molecular complexity index is 1270. The minimum absolute atomic E-state index is 0.0308. The summed E-state index contributed by atoms with van der Waals surface area (Å²) in [6.07, 6.45) is 20.3. The second kappa shape index (κ2) is 21.1. The standard InChI is InChI=1S/C47H77N2O6/c1-3-10-36(29-50)37-25-32(23-31-21-22-49-43(48)26-31)24-34-16-19-38(33-13-8-5-9-14-33)44-35(17-20-41(51)47(54)46(53)40(34)27-37)28-42(55-2)45(52)39(44)18-15-30-11-6-4-7-12-30/h30-40,42-45,47,49-50,52H,3-15,17-18,20-29,48H2,1-2H3/q-1/p+1. The molecule has 0 aromatic rings. The lowest BCUT2D eigenvalue weighted by Crippen LogP contribution is -2.94. The Morgan fingerprint density at radius 2 is 1.62 bits per heavy atom. The maximum absolute atomic E-state index is 14.5. The van der Waals surface area contributed by atoms with E-state index in [0.717, 1.165) is 77.2 Å². The molecule has 1 saturated heterocycles. The van der Waals surface area contributed by atoms with Gasteiger partial charge in [-0.3, -0.25) is 5.73 Å². The zero-order chi connectivity index (χ0) is 38.9. The first-order valence-corrected chi connectivity index (χ1v) is 23.3. The molecule has 4 saturated carbocycles. The molecule has 14 atom stereocenters. The number of aliphatic hydroxyl groups excluding tert-OH is 2. The van der Waals surface area contributed by atoms with Crippen LogP contribution in [-0.4, -0.2) is 66.5 Å². The fourth-order valence-corrected chi connectivity index (χ4v) is 13.2. The Kier molecular flexibility index (Phi) is 16.6. The molecule has 1 aliphatic heterocycles. The molecule has 5 fully saturated rings. The lowest BCUT2D eigenvalue weighted by molar-refractivity contribution is -0.699. The molecule has 8 heteroatoms. The highest BCUT2D eigenvalue weighted by atomic mass is 16.5. The van der Waals surface area contributed by atoms with E-state index < -0.39 is 29.7 Å². The Morgan fingerprint density at radius 3 is 2.31 bits per heavy atom. The van der Waals surface area contributed by atoms with Crippen molar-refractivity contribution in [2.75, 3.05) is 20.3 Å². The highest BCUT2D eigenvalue weighted by Crippen LogP contribution is 2.51. The molecule has 8 nitrogen and oxygen atoms in total. The molecule has 14 unspecified atom stereocenters. The van der Waals surface area contributed by atoms with Crippen molar-refractivity contribution in [3.63, 3.8) is 0 Å². The summed E-state index contributed by atoms with van der Waals surface area (Å²) >= 11 is 0. The van der Waals surface area contributed by atoms with Crippen molar-refractivity contribution >= 4 is 11.6 Å². The van der Waals surface area contributed by atoms with Gasteiger partial charge in [-0.1, -0.05) is 83.0 Å². The van der Waals surface area contributed by atoms with Crippen LogP contribution in [0, 0.1) is 82.9 Å². The molecule has 55 heavy (non-hydrogen) atoms. The Labute approximate surface area is 333 Å². The number of ketones is 2. The van der Waals surface area contributed by atoms with Crippen LogP contribution in [0.25, 0.3) is 0 Å². The molecule has 0 spiro atoms. The first-order valence-electron chi connectivity index (χ1n) is 23.3. The van der Waals surface area contributed by atoms with E-state index in [2.05, 4.69) is 24.1 Å². The molecule has 0 bridgehead atoms. The number of methoxy groups -OCH3 is 1. The van der Waals surface area contributed by atoms with E-state index in [9.17, 15) is 24.9 Å². The Hall–Kier alpha value is -1.34. The quantitative estimate of drug-likeness (QED) is 0.159. The first-order chi connectivity index (χ1) is 26.7. The number of carbonyl (C=O) groups is 2. The van der Waals surface area contributed by atoms with Crippen molar-refractivity contribution in [2.45, 2.75) is 179 Å². The highest BCUT2D eigenvalue weighted by Gasteiger charge is 2.49. The monoisotopic (exact) mass is 767 g/mol. The highest BCUT2D eigenvalue weighted by molar-refractivity contribution is 6.05. The van der Waals surface area contributed by atoms with Gasteiger partial charge in [0.15, 0.2) is 0 Å². The third-order valence-electron chi connectivity index (χ3n) is 16.2. The van der Waals surface area contributed by atoms with Crippen molar-refractivity contribution in [1.29, 1.82) is 0 Å². The van der Waals surface area contributed by atoms with Gasteiger partial charge in [-0.2, -0.15) is 0 Å². The van der Waals surface area contributed by atoms with E-state index in [1.54, 1.807) is 7.11 Å². The molecule has 6 rings (SSSR count). The summed E-state index contributed by atoms with van der Waals surface area (Å²) in [5.41, 5.74) is 6.44. The summed E-state index contributed by atoms with van der Waals surface area (Å²) < 4.78 is 6.00. The number of hydrogen-bond acceptors (Lipinski definition) is 7. The van der Waals surface area contributed by atoms with Gasteiger partial charge in [0.1, 0.15) is 17.7 Å². The van der Waals surface area contributed by atoms with E-state index in [-0.39, 0.29) is 66.7 Å². The Balaban J connectivity index is 1.41. The second-order valence-corrected chi connectivity index (χ2v) is 19.7. The molecular weight excluding hydrogens is 689 g/mol. The van der Waals surface area contributed by atoms with Crippen molar-refractivity contribution in [3.8, 4) is 11.8 Å². The number of nitrogens with two attached hydrogens (primary N) is 2. The van der Waals surface area contributed by atoms with Gasteiger partial charge in [0.2, 0.25) is 0 Å². The molecule has 1 heterocycles. The zero-order valence-corrected chi connectivity index (χ0v) is 34.6. The van der Waals surface area contributed by atoms with Crippen LogP contribution in [0.1, 0.15) is 155 Å². The van der Waals surface area contributed by atoms with Crippen LogP contribution in [0.4, 0.5) is 0 Å². The van der Waals surface area contributed by atoms with E-state index in [1.165, 1.54) is 51.4 Å². The number of hydrogen-bond donors (Lipinski definition) is 4. The summed E-state index contributed by atoms with van der Waals surface area (Å²) in [6, 6.07) is 0. The third-order valence-corrected chi connectivity index (χ3v) is 16.2. The predicted molar refractivity (Wildman–Crippen MR) is 214 cm³/mol. The van der Waals surface area contributed by atoms with Crippen LogP contribution in [0.3, 0.4) is 0 Å². The average molecular weight is 767 g/mol.